The second kappa shape index (κ2) is 7.85. The van der Waals surface area contributed by atoms with Crippen LogP contribution >= 0.6 is 0 Å². The topological polar surface area (TPSA) is 62.2 Å². The van der Waals surface area contributed by atoms with Gasteiger partial charge in [0.1, 0.15) is 0 Å². The van der Waals surface area contributed by atoms with Crippen LogP contribution in [0.15, 0.2) is 0 Å². The van der Waals surface area contributed by atoms with Crippen LogP contribution in [0, 0.1) is 0 Å². The SMILES string of the molecule is CC(C)(O)CN1CCN(CC(O)CN2CCNCC2)CC1. The first kappa shape index (κ1) is 17.1. The first-order valence-electron chi connectivity index (χ1n) is 8.21. The van der Waals surface area contributed by atoms with Crippen LogP contribution in [-0.2, 0) is 0 Å². The highest BCUT2D eigenvalue weighted by atomic mass is 16.3. The quantitative estimate of drug-likeness (QED) is 0.563. The van der Waals surface area contributed by atoms with E-state index >= 15 is 0 Å². The van der Waals surface area contributed by atoms with Crippen LogP contribution in [0.4, 0.5) is 0 Å². The maximum atomic E-state index is 10.2. The van der Waals surface area contributed by atoms with Crippen LogP contribution < -0.4 is 5.32 Å². The Hall–Kier alpha value is -0.240. The average molecular weight is 300 g/mol. The van der Waals surface area contributed by atoms with Gasteiger partial charge < -0.3 is 15.5 Å². The Morgan fingerprint density at radius 1 is 0.905 bits per heavy atom. The summed E-state index contributed by atoms with van der Waals surface area (Å²) in [5.41, 5.74) is -0.621. The van der Waals surface area contributed by atoms with Crippen LogP contribution in [-0.4, -0.2) is 109 Å². The largest absolute Gasteiger partial charge is 0.390 e. The average Bonchev–Trinajstić information content (AvgIpc) is 2.40. The fourth-order valence-corrected chi connectivity index (χ4v) is 3.22. The van der Waals surface area contributed by atoms with Crippen LogP contribution in [0.25, 0.3) is 0 Å². The molecule has 0 aromatic heterocycles. The molecule has 0 saturated carbocycles. The Balaban J connectivity index is 1.63. The van der Waals surface area contributed by atoms with Gasteiger partial charge in [-0.3, -0.25) is 14.7 Å². The zero-order chi connectivity index (χ0) is 15.3. The fraction of sp³-hybridized carbons (Fsp3) is 1.00. The zero-order valence-corrected chi connectivity index (χ0v) is 13.6. The lowest BCUT2D eigenvalue weighted by atomic mass is 10.1. The number of nitrogens with one attached hydrogen (secondary N) is 1. The third kappa shape index (κ3) is 6.59. The van der Waals surface area contributed by atoms with Gasteiger partial charge in [-0.1, -0.05) is 0 Å². The summed E-state index contributed by atoms with van der Waals surface area (Å²) in [4.78, 5) is 6.98. The monoisotopic (exact) mass is 300 g/mol. The molecule has 6 heteroatoms. The van der Waals surface area contributed by atoms with Gasteiger partial charge in [0.25, 0.3) is 0 Å². The molecule has 0 aromatic rings. The Morgan fingerprint density at radius 3 is 1.90 bits per heavy atom. The van der Waals surface area contributed by atoms with Gasteiger partial charge in [-0.2, -0.15) is 0 Å². The second-order valence-corrected chi connectivity index (χ2v) is 7.09. The maximum Gasteiger partial charge on any atom is 0.0793 e. The molecule has 0 spiro atoms. The van der Waals surface area contributed by atoms with Crippen molar-refractivity contribution in [2.45, 2.75) is 25.6 Å². The van der Waals surface area contributed by atoms with E-state index in [1.165, 1.54) is 0 Å². The number of rotatable bonds is 6. The van der Waals surface area contributed by atoms with Crippen molar-refractivity contribution in [3.8, 4) is 0 Å². The third-order valence-electron chi connectivity index (χ3n) is 4.22. The summed E-state index contributed by atoms with van der Waals surface area (Å²) in [5, 5.41) is 23.4. The zero-order valence-electron chi connectivity index (χ0n) is 13.6. The number of aliphatic hydroxyl groups excluding tert-OH is 1. The number of nitrogens with zero attached hydrogens (tertiary/aromatic N) is 3. The molecule has 2 saturated heterocycles. The summed E-state index contributed by atoms with van der Waals surface area (Å²) in [6.07, 6.45) is -0.260. The summed E-state index contributed by atoms with van der Waals surface area (Å²) < 4.78 is 0. The molecule has 0 aromatic carbocycles. The molecule has 3 N–H and O–H groups in total. The number of β-amino-alcohol motifs (C(OH)–C–C–N with tert-alkyl or cyclic N) is 2. The van der Waals surface area contributed by atoms with Crippen LogP contribution in [0.3, 0.4) is 0 Å². The van der Waals surface area contributed by atoms with Gasteiger partial charge in [0.2, 0.25) is 0 Å². The minimum Gasteiger partial charge on any atom is -0.390 e. The smallest absolute Gasteiger partial charge is 0.0793 e. The molecule has 2 heterocycles. The van der Waals surface area contributed by atoms with Gasteiger partial charge in [0.15, 0.2) is 0 Å². The Bertz CT molecular complexity index is 295. The highest BCUT2D eigenvalue weighted by Crippen LogP contribution is 2.09. The van der Waals surface area contributed by atoms with E-state index in [1.54, 1.807) is 0 Å². The van der Waals surface area contributed by atoms with E-state index < -0.39 is 5.60 Å². The highest BCUT2D eigenvalue weighted by molar-refractivity contribution is 4.80. The van der Waals surface area contributed by atoms with Crippen molar-refractivity contribution in [3.05, 3.63) is 0 Å². The summed E-state index contributed by atoms with van der Waals surface area (Å²) >= 11 is 0. The number of hydrogen-bond acceptors (Lipinski definition) is 6. The molecule has 0 radical (unpaired) electrons. The normalized spacial score (nSPS) is 25.1. The van der Waals surface area contributed by atoms with E-state index in [1.807, 2.05) is 13.8 Å². The Morgan fingerprint density at radius 2 is 1.38 bits per heavy atom. The third-order valence-corrected chi connectivity index (χ3v) is 4.22. The minimum absolute atomic E-state index is 0.260. The van der Waals surface area contributed by atoms with Crippen molar-refractivity contribution >= 4 is 0 Å². The molecule has 2 fully saturated rings. The summed E-state index contributed by atoms with van der Waals surface area (Å²) in [5.74, 6) is 0. The van der Waals surface area contributed by atoms with E-state index in [0.717, 1.165) is 72.0 Å². The summed E-state index contributed by atoms with van der Waals surface area (Å²) in [7, 11) is 0. The predicted octanol–water partition coefficient (Wildman–Crippen LogP) is -1.36. The molecule has 1 atom stereocenters. The first-order valence-corrected chi connectivity index (χ1v) is 8.21. The number of hydrogen-bond donors (Lipinski definition) is 3. The van der Waals surface area contributed by atoms with Crippen molar-refractivity contribution < 1.29 is 10.2 Å². The summed E-state index contributed by atoms with van der Waals surface area (Å²) in [6.45, 7) is 14.0. The van der Waals surface area contributed by atoms with Crippen molar-refractivity contribution in [2.24, 2.45) is 0 Å². The molecule has 1 unspecified atom stereocenters. The van der Waals surface area contributed by atoms with Gasteiger partial charge in [-0.05, 0) is 13.8 Å². The van der Waals surface area contributed by atoms with Crippen LogP contribution in [0.5, 0.6) is 0 Å². The molecule has 2 aliphatic heterocycles. The molecular formula is C15H32N4O2. The molecule has 0 aliphatic carbocycles. The predicted molar refractivity (Wildman–Crippen MR) is 84.5 cm³/mol. The van der Waals surface area contributed by atoms with Gasteiger partial charge in [0.05, 0.1) is 11.7 Å². The van der Waals surface area contributed by atoms with Crippen molar-refractivity contribution in [3.63, 3.8) is 0 Å². The highest BCUT2D eigenvalue weighted by Gasteiger charge is 2.24. The van der Waals surface area contributed by atoms with Gasteiger partial charge >= 0.3 is 0 Å². The van der Waals surface area contributed by atoms with Crippen molar-refractivity contribution in [1.29, 1.82) is 0 Å². The number of aliphatic hydroxyl groups is 2. The fourth-order valence-electron chi connectivity index (χ4n) is 3.22. The van der Waals surface area contributed by atoms with E-state index in [-0.39, 0.29) is 6.10 Å². The van der Waals surface area contributed by atoms with E-state index in [0.29, 0.717) is 0 Å². The molecule has 6 nitrogen and oxygen atoms in total. The second-order valence-electron chi connectivity index (χ2n) is 7.09. The molecule has 21 heavy (non-hydrogen) atoms. The lowest BCUT2D eigenvalue weighted by Gasteiger charge is -2.38. The van der Waals surface area contributed by atoms with Gasteiger partial charge in [-0.15, -0.1) is 0 Å². The number of piperazine rings is 2. The van der Waals surface area contributed by atoms with Crippen molar-refractivity contribution in [1.82, 2.24) is 20.0 Å². The van der Waals surface area contributed by atoms with Gasteiger partial charge in [0, 0.05) is 72.0 Å². The van der Waals surface area contributed by atoms with Crippen LogP contribution in [0.1, 0.15) is 13.8 Å². The Kier molecular flexibility index (Phi) is 6.40. The van der Waals surface area contributed by atoms with Crippen molar-refractivity contribution in [2.75, 3.05) is 72.0 Å². The van der Waals surface area contributed by atoms with Crippen LogP contribution in [0.2, 0.25) is 0 Å². The molecule has 0 amide bonds. The first-order chi connectivity index (χ1) is 9.92. The maximum absolute atomic E-state index is 10.2. The van der Waals surface area contributed by atoms with Gasteiger partial charge in [-0.25, -0.2) is 0 Å². The lowest BCUT2D eigenvalue weighted by Crippen LogP contribution is -2.53. The minimum atomic E-state index is -0.621. The van der Waals surface area contributed by atoms with E-state index in [4.69, 9.17) is 0 Å². The van der Waals surface area contributed by atoms with E-state index in [2.05, 4.69) is 20.0 Å². The summed E-state index contributed by atoms with van der Waals surface area (Å²) in [6, 6.07) is 0. The molecule has 2 rings (SSSR count). The molecule has 0 bridgehead atoms. The Labute approximate surface area is 128 Å². The molecular weight excluding hydrogens is 268 g/mol. The van der Waals surface area contributed by atoms with E-state index in [9.17, 15) is 10.2 Å². The lowest BCUT2D eigenvalue weighted by molar-refractivity contribution is 0.00620. The molecule has 2 aliphatic rings. The standard InChI is InChI=1S/C15H32N4O2/c1-15(2,21)13-19-9-7-18(8-10-19)12-14(20)11-17-5-3-16-4-6-17/h14,16,20-21H,3-13H2,1-2H3. The molecule has 124 valence electrons.